The Morgan fingerprint density at radius 1 is 0.929 bits per heavy atom. The first kappa shape index (κ1) is 27.5. The van der Waals surface area contributed by atoms with E-state index in [9.17, 15) is 22.0 Å². The first-order valence-corrected chi connectivity index (χ1v) is 14.6. The molecule has 10 nitrogen and oxygen atoms in total. The zero-order chi connectivity index (χ0) is 29.3. The first-order chi connectivity index (χ1) is 20.3. The molecule has 2 aliphatic rings. The highest BCUT2D eigenvalue weighted by Crippen LogP contribution is 2.36. The van der Waals surface area contributed by atoms with E-state index in [2.05, 4.69) is 20.6 Å². The minimum absolute atomic E-state index is 0.0159. The van der Waals surface area contributed by atoms with Crippen molar-refractivity contribution in [3.05, 3.63) is 90.1 Å². The largest absolute Gasteiger partial charge is 0.454 e. The quantitative estimate of drug-likeness (QED) is 0.309. The predicted octanol–water partition coefficient (Wildman–Crippen LogP) is 4.36. The van der Waals surface area contributed by atoms with E-state index in [1.54, 1.807) is 30.3 Å². The van der Waals surface area contributed by atoms with Gasteiger partial charge < -0.3 is 20.1 Å². The van der Waals surface area contributed by atoms with Gasteiger partial charge in [0.2, 0.25) is 28.7 Å². The molecule has 13 heteroatoms. The lowest BCUT2D eigenvalue weighted by Crippen LogP contribution is -2.45. The molecular weight excluding hydrogens is 568 g/mol. The molecule has 0 spiro atoms. The molecule has 2 aliphatic heterocycles. The zero-order valence-electron chi connectivity index (χ0n) is 22.1. The lowest BCUT2D eigenvalue weighted by Gasteiger charge is -2.23. The van der Waals surface area contributed by atoms with E-state index in [0.717, 1.165) is 16.4 Å². The second-order valence-corrected chi connectivity index (χ2v) is 11.6. The molecule has 0 unspecified atom stereocenters. The van der Waals surface area contributed by atoms with Crippen LogP contribution in [-0.4, -0.2) is 48.0 Å². The maximum atomic E-state index is 13.4. The number of carbonyl (C=O) groups is 1. The molecule has 1 atom stereocenters. The van der Waals surface area contributed by atoms with Gasteiger partial charge in [0.15, 0.2) is 11.5 Å². The summed E-state index contributed by atoms with van der Waals surface area (Å²) >= 11 is 0. The summed E-state index contributed by atoms with van der Waals surface area (Å²) in [6.07, 6.45) is 0.849. The van der Waals surface area contributed by atoms with E-state index in [1.165, 1.54) is 24.3 Å². The molecule has 42 heavy (non-hydrogen) atoms. The van der Waals surface area contributed by atoms with Crippen LogP contribution < -0.4 is 20.1 Å². The second kappa shape index (κ2) is 11.3. The van der Waals surface area contributed by atoms with Crippen LogP contribution in [0.5, 0.6) is 11.5 Å². The van der Waals surface area contributed by atoms with Crippen LogP contribution in [0.15, 0.2) is 77.7 Å². The van der Waals surface area contributed by atoms with Crippen molar-refractivity contribution < 1.29 is 31.5 Å². The van der Waals surface area contributed by atoms with Gasteiger partial charge in [0.05, 0.1) is 22.8 Å². The van der Waals surface area contributed by atoms with E-state index in [0.29, 0.717) is 47.0 Å². The van der Waals surface area contributed by atoms with Crippen molar-refractivity contribution in [3.8, 4) is 22.8 Å². The highest BCUT2D eigenvalue weighted by atomic mass is 32.2. The molecule has 1 fully saturated rings. The predicted molar refractivity (Wildman–Crippen MR) is 148 cm³/mol. The van der Waals surface area contributed by atoms with E-state index < -0.39 is 27.8 Å². The molecule has 6 rings (SSSR count). The summed E-state index contributed by atoms with van der Waals surface area (Å²) in [6.45, 7) is 0.273. The van der Waals surface area contributed by atoms with E-state index in [-0.39, 0.29) is 36.5 Å². The standard InChI is InChI=1S/C29H25F2N5O5S/c30-19-4-8-21(9-5-19)33-29-34-22(15-24(35-29)18-3-12-26-27(14-18)41-17-40-26)16-32-28(37)25-2-1-13-36(25)42(38,39)23-10-6-20(31)7-11-23/h3-12,14-15,25H,1-2,13,16-17H2,(H,32,37)(H,33,34,35)/t25-/m0/s1. The summed E-state index contributed by atoms with van der Waals surface area (Å²) in [4.78, 5) is 22.3. The fourth-order valence-corrected chi connectivity index (χ4v) is 6.49. The molecule has 1 saturated heterocycles. The average Bonchev–Trinajstić information content (AvgIpc) is 3.67. The van der Waals surface area contributed by atoms with Crippen molar-refractivity contribution in [2.24, 2.45) is 0 Å². The number of amides is 1. The number of hydrogen-bond acceptors (Lipinski definition) is 8. The summed E-state index contributed by atoms with van der Waals surface area (Å²) in [7, 11) is -4.00. The molecule has 0 radical (unpaired) electrons. The Bertz CT molecular complexity index is 1740. The first-order valence-electron chi connectivity index (χ1n) is 13.1. The number of benzene rings is 3. The molecule has 0 bridgehead atoms. The molecule has 3 heterocycles. The molecule has 3 aromatic carbocycles. The van der Waals surface area contributed by atoms with Crippen LogP contribution in [0.4, 0.5) is 20.4 Å². The summed E-state index contributed by atoms with van der Waals surface area (Å²) in [6, 6.07) is 16.4. The third-order valence-electron chi connectivity index (χ3n) is 6.92. The number of nitrogens with one attached hydrogen (secondary N) is 2. The SMILES string of the molecule is O=C(NCc1cc(-c2ccc3c(c2)OCO3)nc(Nc2ccc(F)cc2)n1)[C@@H]1CCCN1S(=O)(=O)c1ccc(F)cc1. The molecule has 4 aromatic rings. The molecule has 1 aromatic heterocycles. The van der Waals surface area contributed by atoms with E-state index in [4.69, 9.17) is 9.47 Å². The van der Waals surface area contributed by atoms with Gasteiger partial charge in [-0.2, -0.15) is 4.31 Å². The average molecular weight is 594 g/mol. The van der Waals surface area contributed by atoms with Gasteiger partial charge in [0.25, 0.3) is 0 Å². The maximum absolute atomic E-state index is 13.4. The number of sulfonamides is 1. The summed E-state index contributed by atoms with van der Waals surface area (Å²) in [5.41, 5.74) is 2.24. The van der Waals surface area contributed by atoms with Crippen LogP contribution in [-0.2, 0) is 21.4 Å². The monoisotopic (exact) mass is 593 g/mol. The number of rotatable bonds is 8. The van der Waals surface area contributed by atoms with Gasteiger partial charge in [0, 0.05) is 17.8 Å². The van der Waals surface area contributed by atoms with Gasteiger partial charge in [-0.25, -0.2) is 27.2 Å². The summed E-state index contributed by atoms with van der Waals surface area (Å²) < 4.78 is 65.2. The highest BCUT2D eigenvalue weighted by molar-refractivity contribution is 7.89. The number of fused-ring (bicyclic) bond motifs is 1. The van der Waals surface area contributed by atoms with Gasteiger partial charge in [-0.05, 0) is 85.6 Å². The molecule has 216 valence electrons. The number of halogens is 2. The normalized spacial score (nSPS) is 16.4. The van der Waals surface area contributed by atoms with Crippen LogP contribution in [0, 0.1) is 11.6 Å². The third kappa shape index (κ3) is 5.74. The highest BCUT2D eigenvalue weighted by Gasteiger charge is 2.39. The van der Waals surface area contributed by atoms with Crippen LogP contribution in [0.3, 0.4) is 0 Å². The second-order valence-electron chi connectivity index (χ2n) is 9.71. The van der Waals surface area contributed by atoms with Crippen molar-refractivity contribution in [2.45, 2.75) is 30.3 Å². The van der Waals surface area contributed by atoms with Crippen LogP contribution in [0.25, 0.3) is 11.3 Å². The summed E-state index contributed by atoms with van der Waals surface area (Å²) in [5, 5.41) is 5.86. The van der Waals surface area contributed by atoms with Gasteiger partial charge in [0.1, 0.15) is 17.7 Å². The molecule has 1 amide bonds. The minimum atomic E-state index is -4.00. The number of anilines is 2. The number of ether oxygens (including phenoxy) is 2. The Hall–Kier alpha value is -4.62. The smallest absolute Gasteiger partial charge is 0.243 e. The minimum Gasteiger partial charge on any atom is -0.454 e. The van der Waals surface area contributed by atoms with Crippen molar-refractivity contribution in [1.29, 1.82) is 0 Å². The number of nitrogens with zero attached hydrogens (tertiary/aromatic N) is 3. The van der Waals surface area contributed by atoms with Gasteiger partial charge >= 0.3 is 0 Å². The summed E-state index contributed by atoms with van der Waals surface area (Å²) in [5.74, 6) is -0.0273. The Morgan fingerprint density at radius 2 is 1.64 bits per heavy atom. The fourth-order valence-electron chi connectivity index (χ4n) is 4.84. The van der Waals surface area contributed by atoms with Crippen LogP contribution in [0.2, 0.25) is 0 Å². The third-order valence-corrected chi connectivity index (χ3v) is 8.84. The topological polar surface area (TPSA) is 123 Å². The molecular formula is C29H25F2N5O5S. The van der Waals surface area contributed by atoms with Crippen molar-refractivity contribution >= 4 is 27.6 Å². The van der Waals surface area contributed by atoms with Crippen molar-refractivity contribution in [3.63, 3.8) is 0 Å². The van der Waals surface area contributed by atoms with Gasteiger partial charge in [-0.1, -0.05) is 0 Å². The lowest BCUT2D eigenvalue weighted by molar-refractivity contribution is -0.124. The van der Waals surface area contributed by atoms with E-state index >= 15 is 0 Å². The molecule has 0 aliphatic carbocycles. The van der Waals surface area contributed by atoms with Crippen LogP contribution >= 0.6 is 0 Å². The van der Waals surface area contributed by atoms with Gasteiger partial charge in [-0.15, -0.1) is 0 Å². The Balaban J connectivity index is 1.24. The Kier molecular flexibility index (Phi) is 7.43. The molecule has 0 saturated carbocycles. The van der Waals surface area contributed by atoms with E-state index in [1.807, 2.05) is 6.07 Å². The van der Waals surface area contributed by atoms with Gasteiger partial charge in [-0.3, -0.25) is 4.79 Å². The van der Waals surface area contributed by atoms with Crippen molar-refractivity contribution in [2.75, 3.05) is 18.7 Å². The lowest BCUT2D eigenvalue weighted by atomic mass is 10.1. The Labute approximate surface area is 240 Å². The van der Waals surface area contributed by atoms with Crippen LogP contribution in [0.1, 0.15) is 18.5 Å². The molecule has 2 N–H and O–H groups in total. The zero-order valence-corrected chi connectivity index (χ0v) is 22.9. The fraction of sp³-hybridized carbons (Fsp3) is 0.207. The Morgan fingerprint density at radius 3 is 2.40 bits per heavy atom. The van der Waals surface area contributed by atoms with Crippen molar-refractivity contribution in [1.82, 2.24) is 19.6 Å². The number of aromatic nitrogens is 2. The maximum Gasteiger partial charge on any atom is 0.243 e. The number of hydrogen-bond donors (Lipinski definition) is 2. The number of carbonyl (C=O) groups excluding carboxylic acids is 1.